The van der Waals surface area contributed by atoms with Crippen LogP contribution in [0.25, 0.3) is 0 Å². The predicted molar refractivity (Wildman–Crippen MR) is 205 cm³/mol. The lowest BCUT2D eigenvalue weighted by molar-refractivity contribution is 0.0778. The molecule has 4 fully saturated rings. The van der Waals surface area contributed by atoms with Crippen LogP contribution < -0.4 is 0 Å². The molecule has 14 atom stereocenters. The van der Waals surface area contributed by atoms with Crippen LogP contribution in [-0.2, 0) is 0 Å². The second-order valence-electron chi connectivity index (χ2n) is 20.0. The fourth-order valence-corrected chi connectivity index (χ4v) is 12.8. The van der Waals surface area contributed by atoms with Crippen LogP contribution in [0.2, 0.25) is 0 Å². The third-order valence-corrected chi connectivity index (χ3v) is 16.1. The highest BCUT2D eigenvalue weighted by Gasteiger charge is 2.44. The molecule has 0 amide bonds. The summed E-state index contributed by atoms with van der Waals surface area (Å²) < 4.78 is 0. The fraction of sp³-hybridized carbons (Fsp3) is 1.00. The maximum absolute atomic E-state index is 2.72. The zero-order valence-electron chi connectivity index (χ0n) is 33.4. The minimum absolute atomic E-state index is 0.847. The Labute approximate surface area is 291 Å². The van der Waals surface area contributed by atoms with Crippen molar-refractivity contribution in [1.29, 1.82) is 0 Å². The number of fused-ring (bicyclic) bond motifs is 1. The minimum Gasteiger partial charge on any atom is -0.0651 e. The van der Waals surface area contributed by atoms with E-state index >= 15 is 0 Å². The van der Waals surface area contributed by atoms with Crippen molar-refractivity contribution in [2.24, 2.45) is 94.7 Å². The van der Waals surface area contributed by atoms with Gasteiger partial charge in [0.1, 0.15) is 0 Å². The smallest absolute Gasteiger partial charge is 0.0355 e. The number of hydrogen-bond acceptors (Lipinski definition) is 0. The molecule has 4 saturated carbocycles. The summed E-state index contributed by atoms with van der Waals surface area (Å²) in [6.07, 6.45) is 30.2. The number of hydrogen-bond donors (Lipinski definition) is 0. The van der Waals surface area contributed by atoms with E-state index in [1.54, 1.807) is 25.7 Å². The third kappa shape index (κ3) is 11.0. The Hall–Kier alpha value is 0. The van der Waals surface area contributed by atoms with E-state index in [0.717, 1.165) is 94.7 Å². The molecular weight excluding hydrogens is 553 g/mol. The zero-order chi connectivity index (χ0) is 33.4. The molecule has 4 rings (SSSR count). The fourth-order valence-electron chi connectivity index (χ4n) is 12.8. The molecule has 0 bridgehead atoms. The van der Waals surface area contributed by atoms with Crippen molar-refractivity contribution in [3.8, 4) is 0 Å². The van der Waals surface area contributed by atoms with Crippen molar-refractivity contribution in [2.75, 3.05) is 0 Å². The van der Waals surface area contributed by atoms with Crippen LogP contribution in [0.5, 0.6) is 0 Å². The first kappa shape index (κ1) is 38.8. The first-order chi connectivity index (χ1) is 22.0. The maximum atomic E-state index is 2.72. The van der Waals surface area contributed by atoms with E-state index in [1.807, 2.05) is 0 Å². The Morgan fingerprint density at radius 1 is 0.652 bits per heavy atom. The molecule has 4 aliphatic rings. The summed E-state index contributed by atoms with van der Waals surface area (Å²) >= 11 is 0. The van der Waals surface area contributed by atoms with E-state index in [1.165, 1.54) is 103 Å². The molecule has 270 valence electrons. The molecule has 14 unspecified atom stereocenters. The Bertz CT molecular complexity index is 824. The number of rotatable bonds is 16. The van der Waals surface area contributed by atoms with Gasteiger partial charge in [0.25, 0.3) is 0 Å². The van der Waals surface area contributed by atoms with Gasteiger partial charge in [-0.25, -0.2) is 0 Å². The highest BCUT2D eigenvalue weighted by atomic mass is 14.5. The molecule has 0 aromatic rings. The summed E-state index contributed by atoms with van der Waals surface area (Å²) in [6.45, 7) is 25.6. The van der Waals surface area contributed by atoms with E-state index in [2.05, 4.69) is 69.2 Å². The van der Waals surface area contributed by atoms with Gasteiger partial charge in [-0.1, -0.05) is 127 Å². The Morgan fingerprint density at radius 2 is 1.39 bits per heavy atom. The molecule has 0 aliphatic heterocycles. The molecule has 0 saturated heterocycles. The Balaban J connectivity index is 1.21. The summed E-state index contributed by atoms with van der Waals surface area (Å²) in [7, 11) is 0. The van der Waals surface area contributed by atoms with Crippen LogP contribution in [0.4, 0.5) is 0 Å². The van der Waals surface area contributed by atoms with Crippen molar-refractivity contribution in [2.45, 2.75) is 198 Å². The van der Waals surface area contributed by atoms with Gasteiger partial charge in [-0.05, 0) is 165 Å². The maximum Gasteiger partial charge on any atom is -0.0355 e. The van der Waals surface area contributed by atoms with Gasteiger partial charge in [0.05, 0.1) is 0 Å². The highest BCUT2D eigenvalue weighted by Crippen LogP contribution is 2.54. The van der Waals surface area contributed by atoms with Crippen LogP contribution in [0, 0.1) is 94.7 Å². The quantitative estimate of drug-likeness (QED) is 0.148. The second kappa shape index (κ2) is 18.8. The van der Waals surface area contributed by atoms with Gasteiger partial charge in [0.15, 0.2) is 0 Å². The molecule has 0 radical (unpaired) electrons. The van der Waals surface area contributed by atoms with Crippen LogP contribution >= 0.6 is 0 Å². The van der Waals surface area contributed by atoms with Crippen molar-refractivity contribution >= 4 is 0 Å². The lowest BCUT2D eigenvalue weighted by atomic mass is 9.63. The molecule has 4 aliphatic carbocycles. The zero-order valence-corrected chi connectivity index (χ0v) is 33.4. The Kier molecular flexibility index (Phi) is 15.9. The SMILES string of the molecule is CCC1CCC(C(C)CCCCC(CC(C)C)CC(C)CC2CCCC(C(C)C3CCC4CC(C(C)C)CCC43)CC(C)C2C)C1. The summed E-state index contributed by atoms with van der Waals surface area (Å²) in [5, 5.41) is 0. The predicted octanol–water partition coefficient (Wildman–Crippen LogP) is 14.9. The summed E-state index contributed by atoms with van der Waals surface area (Å²) in [4.78, 5) is 0. The number of unbranched alkanes of at least 4 members (excludes halogenated alkanes) is 1. The first-order valence-electron chi connectivity index (χ1n) is 22.0. The summed E-state index contributed by atoms with van der Waals surface area (Å²) in [6, 6.07) is 0. The molecule has 0 nitrogen and oxygen atoms in total. The summed E-state index contributed by atoms with van der Waals surface area (Å²) in [5.41, 5.74) is 0. The van der Waals surface area contributed by atoms with Gasteiger partial charge in [0, 0.05) is 0 Å². The lowest BCUT2D eigenvalue weighted by Crippen LogP contribution is -2.33. The molecular formula is C46H86. The monoisotopic (exact) mass is 639 g/mol. The molecule has 0 aromatic heterocycles. The minimum atomic E-state index is 0.847. The van der Waals surface area contributed by atoms with Crippen LogP contribution in [0.15, 0.2) is 0 Å². The van der Waals surface area contributed by atoms with Crippen LogP contribution in [0.3, 0.4) is 0 Å². The van der Waals surface area contributed by atoms with E-state index < -0.39 is 0 Å². The van der Waals surface area contributed by atoms with Gasteiger partial charge in [0.2, 0.25) is 0 Å². The second-order valence-corrected chi connectivity index (χ2v) is 20.0. The molecule has 0 spiro atoms. The van der Waals surface area contributed by atoms with Crippen molar-refractivity contribution in [3.05, 3.63) is 0 Å². The molecule has 0 heteroatoms. The average Bonchev–Trinajstić information content (AvgIpc) is 3.67. The summed E-state index contributed by atoms with van der Waals surface area (Å²) in [5.74, 6) is 15.5. The normalized spacial score (nSPS) is 38.3. The Morgan fingerprint density at radius 3 is 2.09 bits per heavy atom. The van der Waals surface area contributed by atoms with E-state index in [0.29, 0.717) is 0 Å². The topological polar surface area (TPSA) is 0 Å². The van der Waals surface area contributed by atoms with Crippen LogP contribution in [0.1, 0.15) is 198 Å². The van der Waals surface area contributed by atoms with Gasteiger partial charge in [-0.2, -0.15) is 0 Å². The largest absolute Gasteiger partial charge is 0.0651 e. The first-order valence-corrected chi connectivity index (χ1v) is 22.0. The van der Waals surface area contributed by atoms with E-state index in [9.17, 15) is 0 Å². The lowest BCUT2D eigenvalue weighted by Gasteiger charge is -2.42. The van der Waals surface area contributed by atoms with Gasteiger partial charge < -0.3 is 0 Å². The van der Waals surface area contributed by atoms with Crippen molar-refractivity contribution in [1.82, 2.24) is 0 Å². The molecule has 46 heavy (non-hydrogen) atoms. The van der Waals surface area contributed by atoms with E-state index in [4.69, 9.17) is 0 Å². The molecule has 0 aromatic carbocycles. The molecule has 0 heterocycles. The van der Waals surface area contributed by atoms with Gasteiger partial charge in [-0.15, -0.1) is 0 Å². The van der Waals surface area contributed by atoms with Crippen LogP contribution in [-0.4, -0.2) is 0 Å². The standard InChI is InChI=1S/C46H86/c1-11-38-19-20-41(29-38)34(7)15-12-13-16-39(25-31(2)3)26-33(6)27-42-17-14-18-43(28-35(8)36(42)9)37(10)45-23-22-44-30-40(32(4)5)21-24-46(44)45/h31-46H,11-30H2,1-10H3. The average molecular weight is 639 g/mol. The van der Waals surface area contributed by atoms with Crippen molar-refractivity contribution in [3.63, 3.8) is 0 Å². The molecule has 0 N–H and O–H groups in total. The van der Waals surface area contributed by atoms with Gasteiger partial charge in [-0.3, -0.25) is 0 Å². The van der Waals surface area contributed by atoms with Gasteiger partial charge >= 0.3 is 0 Å². The third-order valence-electron chi connectivity index (χ3n) is 16.1. The highest BCUT2D eigenvalue weighted by molar-refractivity contribution is 4.94. The van der Waals surface area contributed by atoms with Crippen molar-refractivity contribution < 1.29 is 0 Å². The van der Waals surface area contributed by atoms with E-state index in [-0.39, 0.29) is 0 Å².